The molecule has 18 heavy (non-hydrogen) atoms. The number of amides is 2. The molecule has 4 nitrogen and oxygen atoms in total. The second-order valence-corrected chi connectivity index (χ2v) is 6.56. The zero-order chi connectivity index (χ0) is 13.1. The fourth-order valence-corrected chi connectivity index (χ4v) is 3.89. The van der Waals surface area contributed by atoms with Crippen molar-refractivity contribution in [3.8, 4) is 0 Å². The highest BCUT2D eigenvalue weighted by molar-refractivity contribution is 8.00. The highest BCUT2D eigenvalue weighted by Gasteiger charge is 2.38. The van der Waals surface area contributed by atoms with E-state index in [1.54, 1.807) is 4.90 Å². The van der Waals surface area contributed by atoms with Crippen LogP contribution in [0.15, 0.2) is 0 Å². The van der Waals surface area contributed by atoms with E-state index in [1.807, 2.05) is 25.6 Å². The smallest absolute Gasteiger partial charge is 0.245 e. The number of carbonyl (C=O) groups is 2. The van der Waals surface area contributed by atoms with Gasteiger partial charge in [-0.3, -0.25) is 9.59 Å². The summed E-state index contributed by atoms with van der Waals surface area (Å²) in [5.74, 6) is 1.29. The fraction of sp³-hybridized carbons (Fsp3) is 0.846. The predicted molar refractivity (Wildman–Crippen MR) is 73.5 cm³/mol. The van der Waals surface area contributed by atoms with Gasteiger partial charge in [0, 0.05) is 11.8 Å². The SMILES string of the molecule is CCCC1NC(=O)C(C)N(CC2CCCS2)C1=O. The molecule has 1 N–H and O–H groups in total. The van der Waals surface area contributed by atoms with Crippen molar-refractivity contribution in [3.63, 3.8) is 0 Å². The maximum absolute atomic E-state index is 12.4. The van der Waals surface area contributed by atoms with Gasteiger partial charge in [0.2, 0.25) is 11.8 Å². The second kappa shape index (κ2) is 5.95. The van der Waals surface area contributed by atoms with E-state index in [9.17, 15) is 9.59 Å². The van der Waals surface area contributed by atoms with Crippen LogP contribution in [0.25, 0.3) is 0 Å². The normalized spacial score (nSPS) is 32.8. The topological polar surface area (TPSA) is 49.4 Å². The minimum Gasteiger partial charge on any atom is -0.343 e. The Morgan fingerprint density at radius 2 is 2.22 bits per heavy atom. The lowest BCUT2D eigenvalue weighted by Gasteiger charge is -2.38. The number of rotatable bonds is 4. The number of piperazine rings is 1. The number of hydrogen-bond donors (Lipinski definition) is 1. The van der Waals surface area contributed by atoms with Gasteiger partial charge in [0.1, 0.15) is 12.1 Å². The van der Waals surface area contributed by atoms with Gasteiger partial charge in [0.05, 0.1) is 0 Å². The third kappa shape index (κ3) is 2.82. The van der Waals surface area contributed by atoms with Crippen LogP contribution in [-0.4, -0.2) is 46.3 Å². The molecule has 102 valence electrons. The molecule has 0 bridgehead atoms. The van der Waals surface area contributed by atoms with Crippen molar-refractivity contribution in [2.24, 2.45) is 0 Å². The maximum Gasteiger partial charge on any atom is 0.245 e. The Hall–Kier alpha value is -0.710. The first-order chi connectivity index (χ1) is 8.63. The second-order valence-electron chi connectivity index (χ2n) is 5.15. The zero-order valence-corrected chi connectivity index (χ0v) is 12.0. The van der Waals surface area contributed by atoms with Crippen molar-refractivity contribution in [2.45, 2.75) is 56.9 Å². The third-order valence-corrected chi connectivity index (χ3v) is 5.13. The average molecular weight is 270 g/mol. The van der Waals surface area contributed by atoms with Crippen LogP contribution in [0.3, 0.4) is 0 Å². The molecule has 2 saturated heterocycles. The summed E-state index contributed by atoms with van der Waals surface area (Å²) in [4.78, 5) is 26.1. The Balaban J connectivity index is 2.03. The van der Waals surface area contributed by atoms with Crippen molar-refractivity contribution in [3.05, 3.63) is 0 Å². The largest absolute Gasteiger partial charge is 0.343 e. The Labute approximate surface area is 113 Å². The summed E-state index contributed by atoms with van der Waals surface area (Å²) < 4.78 is 0. The molecule has 2 amide bonds. The van der Waals surface area contributed by atoms with E-state index in [0.29, 0.717) is 5.25 Å². The van der Waals surface area contributed by atoms with Gasteiger partial charge in [0.25, 0.3) is 0 Å². The van der Waals surface area contributed by atoms with E-state index in [0.717, 1.165) is 19.4 Å². The quantitative estimate of drug-likeness (QED) is 0.840. The average Bonchev–Trinajstić information content (AvgIpc) is 2.85. The molecule has 0 aromatic rings. The van der Waals surface area contributed by atoms with Crippen LogP contribution in [0.1, 0.15) is 39.5 Å². The number of nitrogens with one attached hydrogen (secondary N) is 1. The first-order valence-corrected chi connectivity index (χ1v) is 7.90. The molecule has 0 saturated carbocycles. The van der Waals surface area contributed by atoms with Gasteiger partial charge in [0.15, 0.2) is 0 Å². The molecule has 2 aliphatic heterocycles. The maximum atomic E-state index is 12.4. The van der Waals surface area contributed by atoms with Gasteiger partial charge in [-0.1, -0.05) is 13.3 Å². The molecule has 0 aromatic carbocycles. The highest BCUT2D eigenvalue weighted by Crippen LogP contribution is 2.28. The summed E-state index contributed by atoms with van der Waals surface area (Å²) >= 11 is 1.93. The first kappa shape index (κ1) is 13.7. The van der Waals surface area contributed by atoms with Gasteiger partial charge in [-0.15, -0.1) is 0 Å². The zero-order valence-electron chi connectivity index (χ0n) is 11.1. The number of hydrogen-bond acceptors (Lipinski definition) is 3. The lowest BCUT2D eigenvalue weighted by atomic mass is 10.0. The summed E-state index contributed by atoms with van der Waals surface area (Å²) in [5.41, 5.74) is 0. The van der Waals surface area contributed by atoms with E-state index in [1.165, 1.54) is 18.6 Å². The van der Waals surface area contributed by atoms with Crippen LogP contribution >= 0.6 is 11.8 Å². The van der Waals surface area contributed by atoms with Crippen LogP contribution in [0.5, 0.6) is 0 Å². The van der Waals surface area contributed by atoms with E-state index >= 15 is 0 Å². The number of thioether (sulfide) groups is 1. The minimum atomic E-state index is -0.313. The van der Waals surface area contributed by atoms with E-state index in [2.05, 4.69) is 5.32 Å². The van der Waals surface area contributed by atoms with E-state index < -0.39 is 0 Å². The molecule has 2 aliphatic rings. The first-order valence-electron chi connectivity index (χ1n) is 6.86. The van der Waals surface area contributed by atoms with Gasteiger partial charge < -0.3 is 10.2 Å². The Morgan fingerprint density at radius 1 is 1.44 bits per heavy atom. The molecule has 0 spiro atoms. The molecule has 3 unspecified atom stereocenters. The minimum absolute atomic E-state index is 0.00366. The summed E-state index contributed by atoms with van der Waals surface area (Å²) in [6.45, 7) is 4.60. The molecule has 2 fully saturated rings. The van der Waals surface area contributed by atoms with Gasteiger partial charge in [-0.05, 0) is 31.9 Å². The van der Waals surface area contributed by atoms with Crippen LogP contribution in [-0.2, 0) is 9.59 Å². The highest BCUT2D eigenvalue weighted by atomic mass is 32.2. The molecule has 0 aromatic heterocycles. The van der Waals surface area contributed by atoms with Crippen molar-refractivity contribution >= 4 is 23.6 Å². The Bertz CT molecular complexity index is 329. The van der Waals surface area contributed by atoms with Crippen LogP contribution in [0.2, 0.25) is 0 Å². The lowest BCUT2D eigenvalue weighted by Crippen LogP contribution is -2.63. The monoisotopic (exact) mass is 270 g/mol. The van der Waals surface area contributed by atoms with Gasteiger partial charge in [-0.25, -0.2) is 0 Å². The molecule has 3 atom stereocenters. The Kier molecular flexibility index (Phi) is 4.54. The predicted octanol–water partition coefficient (Wildman–Crippen LogP) is 1.40. The van der Waals surface area contributed by atoms with Crippen LogP contribution in [0.4, 0.5) is 0 Å². The van der Waals surface area contributed by atoms with E-state index in [-0.39, 0.29) is 23.9 Å². The van der Waals surface area contributed by atoms with Crippen molar-refractivity contribution < 1.29 is 9.59 Å². The lowest BCUT2D eigenvalue weighted by molar-refractivity contribution is -0.148. The van der Waals surface area contributed by atoms with Crippen molar-refractivity contribution in [2.75, 3.05) is 12.3 Å². The molecule has 2 rings (SSSR count). The summed E-state index contributed by atoms with van der Waals surface area (Å²) in [6.07, 6.45) is 4.06. The van der Waals surface area contributed by atoms with E-state index in [4.69, 9.17) is 0 Å². The Morgan fingerprint density at radius 3 is 2.83 bits per heavy atom. The molecule has 5 heteroatoms. The molecule has 2 heterocycles. The van der Waals surface area contributed by atoms with Gasteiger partial charge in [-0.2, -0.15) is 11.8 Å². The fourth-order valence-electron chi connectivity index (χ4n) is 2.63. The standard InChI is InChI=1S/C13H22N2O2S/c1-3-5-11-13(17)15(9(2)12(16)14-11)8-10-6-4-7-18-10/h9-11H,3-8H2,1-2H3,(H,14,16). The van der Waals surface area contributed by atoms with Crippen LogP contribution in [0, 0.1) is 0 Å². The third-order valence-electron chi connectivity index (χ3n) is 3.75. The van der Waals surface area contributed by atoms with Gasteiger partial charge >= 0.3 is 0 Å². The summed E-state index contributed by atoms with van der Waals surface area (Å²) in [7, 11) is 0. The van der Waals surface area contributed by atoms with Crippen molar-refractivity contribution in [1.29, 1.82) is 0 Å². The van der Waals surface area contributed by atoms with Crippen molar-refractivity contribution in [1.82, 2.24) is 10.2 Å². The number of nitrogens with zero attached hydrogens (tertiary/aromatic N) is 1. The summed E-state index contributed by atoms with van der Waals surface area (Å²) in [6, 6.07) is -0.614. The summed E-state index contributed by atoms with van der Waals surface area (Å²) in [5, 5.41) is 3.35. The molecule has 0 aliphatic carbocycles. The van der Waals surface area contributed by atoms with Crippen LogP contribution < -0.4 is 5.32 Å². The molecular formula is C13H22N2O2S. The number of carbonyl (C=O) groups excluding carboxylic acids is 2. The molecular weight excluding hydrogens is 248 g/mol. The molecule has 0 radical (unpaired) electrons.